The summed E-state index contributed by atoms with van der Waals surface area (Å²) < 4.78 is 13.5. The lowest BCUT2D eigenvalue weighted by molar-refractivity contribution is 0.278. The fraction of sp³-hybridized carbons (Fsp3) is 0.562. The van der Waals surface area contributed by atoms with Gasteiger partial charge in [0.15, 0.2) is 5.96 Å². The van der Waals surface area contributed by atoms with Crippen LogP contribution in [0.3, 0.4) is 0 Å². The molecule has 0 fully saturated rings. The summed E-state index contributed by atoms with van der Waals surface area (Å²) in [6.45, 7) is 8.40. The summed E-state index contributed by atoms with van der Waals surface area (Å²) in [5.41, 5.74) is 1.57. The molecule has 0 bridgehead atoms. The highest BCUT2D eigenvalue weighted by Gasteiger charge is 2.04. The average Bonchev–Trinajstić information content (AvgIpc) is 2.45. The van der Waals surface area contributed by atoms with E-state index in [1.165, 1.54) is 0 Å². The second-order valence-corrected chi connectivity index (χ2v) is 5.51. The van der Waals surface area contributed by atoms with E-state index in [-0.39, 0.29) is 29.8 Å². The number of benzene rings is 1. The van der Waals surface area contributed by atoms with Crippen LogP contribution in [0.2, 0.25) is 0 Å². The van der Waals surface area contributed by atoms with Crippen molar-refractivity contribution in [2.24, 2.45) is 4.99 Å². The molecule has 0 heterocycles. The molecular weight excluding hydrogens is 394 g/mol. The van der Waals surface area contributed by atoms with Crippen LogP contribution in [0.25, 0.3) is 0 Å². The molecule has 126 valence electrons. The van der Waals surface area contributed by atoms with E-state index in [0.717, 1.165) is 24.6 Å². The number of halogens is 2. The third-order valence-electron chi connectivity index (χ3n) is 3.56. The van der Waals surface area contributed by atoms with Gasteiger partial charge in [0.2, 0.25) is 0 Å². The third-order valence-corrected chi connectivity index (χ3v) is 3.56. The Hall–Kier alpha value is -0.890. The number of nitrogens with zero attached hydrogens (tertiary/aromatic N) is 2. The normalized spacial score (nSPS) is 11.5. The van der Waals surface area contributed by atoms with Gasteiger partial charge in [0.25, 0.3) is 0 Å². The first kappa shape index (κ1) is 21.1. The summed E-state index contributed by atoms with van der Waals surface area (Å²) in [6, 6.07) is 5.80. The minimum atomic E-state index is -0.171. The number of nitrogens with one attached hydrogen (secondary N) is 2. The fourth-order valence-corrected chi connectivity index (χ4v) is 1.76. The number of hydrogen-bond acceptors (Lipinski definition) is 2. The van der Waals surface area contributed by atoms with Crippen LogP contribution in [0.15, 0.2) is 23.2 Å². The van der Waals surface area contributed by atoms with Crippen LogP contribution in [0, 0.1) is 12.7 Å². The van der Waals surface area contributed by atoms with Crippen LogP contribution in [-0.2, 0) is 6.54 Å². The van der Waals surface area contributed by atoms with E-state index in [9.17, 15) is 4.39 Å². The molecule has 0 radical (unpaired) electrons. The third kappa shape index (κ3) is 7.40. The minimum Gasteiger partial charge on any atom is -0.355 e. The molecule has 22 heavy (non-hydrogen) atoms. The maximum absolute atomic E-state index is 13.5. The Morgan fingerprint density at radius 3 is 2.55 bits per heavy atom. The zero-order valence-electron chi connectivity index (χ0n) is 14.1. The first-order valence-electron chi connectivity index (χ1n) is 7.33. The van der Waals surface area contributed by atoms with E-state index in [4.69, 9.17) is 0 Å². The van der Waals surface area contributed by atoms with E-state index >= 15 is 0 Å². The number of aliphatic imine (C=N–C) groups is 1. The fourth-order valence-electron chi connectivity index (χ4n) is 1.76. The molecule has 0 aliphatic carbocycles. The van der Waals surface area contributed by atoms with Crippen molar-refractivity contribution >= 4 is 29.9 Å². The lowest BCUT2D eigenvalue weighted by atomic mass is 10.1. The summed E-state index contributed by atoms with van der Waals surface area (Å²) in [7, 11) is 3.83. The summed E-state index contributed by atoms with van der Waals surface area (Å²) >= 11 is 0. The zero-order valence-corrected chi connectivity index (χ0v) is 16.4. The second-order valence-electron chi connectivity index (χ2n) is 5.51. The van der Waals surface area contributed by atoms with Gasteiger partial charge in [-0.25, -0.2) is 4.39 Å². The van der Waals surface area contributed by atoms with E-state index in [1.807, 2.05) is 6.07 Å². The summed E-state index contributed by atoms with van der Waals surface area (Å²) in [4.78, 5) is 6.43. The molecule has 4 nitrogen and oxygen atoms in total. The Morgan fingerprint density at radius 2 is 2.00 bits per heavy atom. The number of guanidine groups is 1. The highest BCUT2D eigenvalue weighted by atomic mass is 127. The largest absolute Gasteiger partial charge is 0.355 e. The monoisotopic (exact) mass is 422 g/mol. The Labute approximate surface area is 150 Å². The molecular formula is C16H28FIN4. The lowest BCUT2D eigenvalue weighted by Gasteiger charge is -2.21. The molecule has 1 aromatic rings. The van der Waals surface area contributed by atoms with Crippen LogP contribution in [0.1, 0.15) is 25.0 Å². The number of aryl methyl sites for hydroxylation is 1. The van der Waals surface area contributed by atoms with Crippen molar-refractivity contribution in [1.82, 2.24) is 15.5 Å². The summed E-state index contributed by atoms with van der Waals surface area (Å²) in [5, 5.41) is 6.44. The minimum absolute atomic E-state index is 0. The van der Waals surface area contributed by atoms with Gasteiger partial charge in [-0.05, 0) is 45.0 Å². The lowest BCUT2D eigenvalue weighted by Crippen LogP contribution is -2.41. The van der Waals surface area contributed by atoms with Crippen molar-refractivity contribution in [2.75, 3.05) is 27.2 Å². The first-order chi connectivity index (χ1) is 9.93. The van der Waals surface area contributed by atoms with Crippen molar-refractivity contribution in [3.8, 4) is 0 Å². The van der Waals surface area contributed by atoms with Gasteiger partial charge >= 0.3 is 0 Å². The molecule has 1 rings (SSSR count). The quantitative estimate of drug-likeness (QED) is 0.421. The maximum atomic E-state index is 13.5. The van der Waals surface area contributed by atoms with Crippen LogP contribution in [-0.4, -0.2) is 44.1 Å². The summed E-state index contributed by atoms with van der Waals surface area (Å²) in [6.07, 6.45) is 0. The SMILES string of the molecule is CN=C(NCCN(C)C(C)C)NCc1ccc(C)c(F)c1.I. The van der Waals surface area contributed by atoms with Crippen LogP contribution in [0.4, 0.5) is 4.39 Å². The van der Waals surface area contributed by atoms with E-state index in [0.29, 0.717) is 18.2 Å². The molecule has 0 saturated heterocycles. The average molecular weight is 422 g/mol. The van der Waals surface area contributed by atoms with Crippen LogP contribution < -0.4 is 10.6 Å². The molecule has 0 aliphatic rings. The van der Waals surface area contributed by atoms with Crippen LogP contribution >= 0.6 is 24.0 Å². The molecule has 0 aromatic heterocycles. The van der Waals surface area contributed by atoms with Crippen molar-refractivity contribution in [3.05, 3.63) is 35.1 Å². The highest BCUT2D eigenvalue weighted by molar-refractivity contribution is 14.0. The molecule has 2 N–H and O–H groups in total. The molecule has 0 atom stereocenters. The summed E-state index contributed by atoms with van der Waals surface area (Å²) in [5.74, 6) is 0.559. The standard InChI is InChI=1S/C16H27FN4.HI/c1-12(2)21(5)9-8-19-16(18-4)20-11-14-7-6-13(3)15(17)10-14;/h6-7,10,12H,8-9,11H2,1-5H3,(H2,18,19,20);1H. The topological polar surface area (TPSA) is 39.7 Å². The molecule has 0 saturated carbocycles. The molecule has 0 amide bonds. The number of rotatable bonds is 6. The van der Waals surface area contributed by atoms with Gasteiger partial charge in [-0.2, -0.15) is 0 Å². The highest BCUT2D eigenvalue weighted by Crippen LogP contribution is 2.08. The Bertz CT molecular complexity index is 477. The Balaban J connectivity index is 0.00000441. The van der Waals surface area contributed by atoms with E-state index in [2.05, 4.69) is 41.4 Å². The second kappa shape index (κ2) is 10.8. The van der Waals surface area contributed by atoms with Gasteiger partial charge in [0.05, 0.1) is 0 Å². The predicted octanol–water partition coefficient (Wildman–Crippen LogP) is 2.76. The van der Waals surface area contributed by atoms with Gasteiger partial charge in [-0.1, -0.05) is 12.1 Å². The number of likely N-dealkylation sites (N-methyl/N-ethyl adjacent to an activating group) is 1. The molecule has 6 heteroatoms. The maximum Gasteiger partial charge on any atom is 0.191 e. The molecule has 0 spiro atoms. The Morgan fingerprint density at radius 1 is 1.32 bits per heavy atom. The Kier molecular flexibility index (Phi) is 10.3. The van der Waals surface area contributed by atoms with E-state index < -0.39 is 0 Å². The van der Waals surface area contributed by atoms with Crippen molar-refractivity contribution in [2.45, 2.75) is 33.4 Å². The zero-order chi connectivity index (χ0) is 15.8. The van der Waals surface area contributed by atoms with Gasteiger partial charge < -0.3 is 15.5 Å². The van der Waals surface area contributed by atoms with Crippen LogP contribution in [0.5, 0.6) is 0 Å². The van der Waals surface area contributed by atoms with Crippen molar-refractivity contribution < 1.29 is 4.39 Å². The smallest absolute Gasteiger partial charge is 0.191 e. The van der Waals surface area contributed by atoms with Gasteiger partial charge in [0.1, 0.15) is 5.82 Å². The first-order valence-corrected chi connectivity index (χ1v) is 7.33. The predicted molar refractivity (Wildman–Crippen MR) is 103 cm³/mol. The van der Waals surface area contributed by atoms with Crippen molar-refractivity contribution in [3.63, 3.8) is 0 Å². The van der Waals surface area contributed by atoms with Gasteiger partial charge in [-0.15, -0.1) is 24.0 Å². The molecule has 0 unspecified atom stereocenters. The number of hydrogen-bond donors (Lipinski definition) is 2. The van der Waals surface area contributed by atoms with Crippen molar-refractivity contribution in [1.29, 1.82) is 0 Å². The van der Waals surface area contributed by atoms with Gasteiger partial charge in [-0.3, -0.25) is 4.99 Å². The molecule has 0 aliphatic heterocycles. The van der Waals surface area contributed by atoms with Gasteiger partial charge in [0, 0.05) is 32.7 Å². The molecule has 1 aromatic carbocycles. The van der Waals surface area contributed by atoms with E-state index in [1.54, 1.807) is 26.1 Å².